The first-order chi connectivity index (χ1) is 5.14. The van der Waals surface area contributed by atoms with E-state index in [0.29, 0.717) is 5.41 Å². The second-order valence-electron chi connectivity index (χ2n) is 5.06. The molecule has 11 heavy (non-hydrogen) atoms. The zero-order valence-electron chi connectivity index (χ0n) is 7.13. The van der Waals surface area contributed by atoms with Gasteiger partial charge in [0.05, 0.1) is 0 Å². The standard InChI is InChI=1S/C10H14O/c1-9(5-11)6-3-7-8(4-6)10(7,9)2/h5-8H,3-4H2,1-2H3/t6?,7-,8+,9-,10?/m0/s1. The SMILES string of the molecule is CC12[C@@H]3CC(C[C@@H]31)[C@]2(C)C=O. The van der Waals surface area contributed by atoms with E-state index < -0.39 is 0 Å². The summed E-state index contributed by atoms with van der Waals surface area (Å²) in [6.45, 7) is 4.50. The molecule has 5 atom stereocenters. The van der Waals surface area contributed by atoms with E-state index in [1.165, 1.54) is 19.1 Å². The van der Waals surface area contributed by atoms with E-state index in [1.54, 1.807) is 0 Å². The van der Waals surface area contributed by atoms with Crippen molar-refractivity contribution in [3.63, 3.8) is 0 Å². The van der Waals surface area contributed by atoms with E-state index in [0.717, 1.165) is 17.8 Å². The number of hydrogen-bond acceptors (Lipinski definition) is 1. The van der Waals surface area contributed by atoms with E-state index in [2.05, 4.69) is 13.8 Å². The van der Waals surface area contributed by atoms with Crippen LogP contribution < -0.4 is 0 Å². The van der Waals surface area contributed by atoms with Gasteiger partial charge in [0.15, 0.2) is 0 Å². The van der Waals surface area contributed by atoms with Crippen LogP contribution in [0.4, 0.5) is 0 Å². The molecular weight excluding hydrogens is 136 g/mol. The molecule has 0 amide bonds. The summed E-state index contributed by atoms with van der Waals surface area (Å²) in [6, 6.07) is 0. The van der Waals surface area contributed by atoms with Crippen molar-refractivity contribution in [2.45, 2.75) is 26.7 Å². The predicted molar refractivity (Wildman–Crippen MR) is 42.0 cm³/mol. The molecule has 0 radical (unpaired) electrons. The summed E-state index contributed by atoms with van der Waals surface area (Å²) < 4.78 is 0. The Morgan fingerprint density at radius 2 is 1.82 bits per heavy atom. The molecule has 60 valence electrons. The summed E-state index contributed by atoms with van der Waals surface area (Å²) >= 11 is 0. The van der Waals surface area contributed by atoms with Crippen LogP contribution in [0.15, 0.2) is 0 Å². The first kappa shape index (κ1) is 6.22. The fraction of sp³-hybridized carbons (Fsp3) is 0.900. The third kappa shape index (κ3) is 0.361. The van der Waals surface area contributed by atoms with Gasteiger partial charge in [0, 0.05) is 5.41 Å². The molecule has 1 nitrogen and oxygen atoms in total. The van der Waals surface area contributed by atoms with Gasteiger partial charge in [-0.1, -0.05) is 13.8 Å². The number of carbonyl (C=O) groups excluding carboxylic acids is 1. The molecule has 4 bridgehead atoms. The molecule has 1 heteroatoms. The molecule has 0 heterocycles. The van der Waals surface area contributed by atoms with Gasteiger partial charge in [0.1, 0.15) is 6.29 Å². The van der Waals surface area contributed by atoms with Gasteiger partial charge in [-0.3, -0.25) is 0 Å². The van der Waals surface area contributed by atoms with E-state index in [9.17, 15) is 4.79 Å². The van der Waals surface area contributed by atoms with Crippen molar-refractivity contribution < 1.29 is 4.79 Å². The van der Waals surface area contributed by atoms with Crippen LogP contribution in [-0.4, -0.2) is 6.29 Å². The van der Waals surface area contributed by atoms with E-state index >= 15 is 0 Å². The maximum absolute atomic E-state index is 11.0. The topological polar surface area (TPSA) is 17.1 Å². The Hall–Kier alpha value is -0.330. The van der Waals surface area contributed by atoms with Crippen molar-refractivity contribution in [3.05, 3.63) is 0 Å². The van der Waals surface area contributed by atoms with Crippen LogP contribution >= 0.6 is 0 Å². The minimum Gasteiger partial charge on any atom is -0.303 e. The Labute approximate surface area is 67.2 Å². The lowest BCUT2D eigenvalue weighted by Gasteiger charge is -2.26. The van der Waals surface area contributed by atoms with Gasteiger partial charge in [-0.05, 0) is 36.0 Å². The molecule has 0 saturated heterocycles. The third-order valence-electron chi connectivity index (χ3n) is 5.25. The van der Waals surface area contributed by atoms with Crippen LogP contribution in [0, 0.1) is 28.6 Å². The number of rotatable bonds is 1. The van der Waals surface area contributed by atoms with Crippen molar-refractivity contribution in [2.75, 3.05) is 0 Å². The molecule has 4 aliphatic carbocycles. The normalized spacial score (nSPS) is 70.2. The smallest absolute Gasteiger partial charge is 0.126 e. The first-order valence-corrected chi connectivity index (χ1v) is 4.61. The van der Waals surface area contributed by atoms with E-state index in [-0.39, 0.29) is 5.41 Å². The highest BCUT2D eigenvalue weighted by molar-refractivity contribution is 5.66. The number of aldehydes is 1. The Morgan fingerprint density at radius 1 is 1.27 bits per heavy atom. The van der Waals surface area contributed by atoms with E-state index in [1.807, 2.05) is 0 Å². The lowest BCUT2D eigenvalue weighted by Crippen LogP contribution is -2.28. The highest BCUT2D eigenvalue weighted by atomic mass is 16.1. The average Bonchev–Trinajstić information content (AvgIpc) is 2.42. The zero-order valence-corrected chi connectivity index (χ0v) is 7.13. The maximum Gasteiger partial charge on any atom is 0.126 e. The van der Waals surface area contributed by atoms with Gasteiger partial charge in [0.25, 0.3) is 0 Å². The molecule has 0 spiro atoms. The van der Waals surface area contributed by atoms with Gasteiger partial charge in [-0.2, -0.15) is 0 Å². The van der Waals surface area contributed by atoms with Gasteiger partial charge < -0.3 is 4.79 Å². The van der Waals surface area contributed by atoms with E-state index in [4.69, 9.17) is 0 Å². The fourth-order valence-corrected chi connectivity index (χ4v) is 4.18. The fourth-order valence-electron chi connectivity index (χ4n) is 4.18. The van der Waals surface area contributed by atoms with Crippen LogP contribution in [-0.2, 0) is 4.79 Å². The molecule has 4 rings (SSSR count). The second-order valence-corrected chi connectivity index (χ2v) is 5.06. The second kappa shape index (κ2) is 1.30. The number of hydrogen-bond donors (Lipinski definition) is 0. The lowest BCUT2D eigenvalue weighted by atomic mass is 9.76. The summed E-state index contributed by atoms with van der Waals surface area (Å²) in [7, 11) is 0. The Morgan fingerprint density at radius 3 is 2.00 bits per heavy atom. The highest BCUT2D eigenvalue weighted by Gasteiger charge is 2.81. The summed E-state index contributed by atoms with van der Waals surface area (Å²) in [5.41, 5.74) is 0.488. The summed E-state index contributed by atoms with van der Waals surface area (Å²) in [5.74, 6) is 2.57. The Kier molecular flexibility index (Phi) is 0.733. The van der Waals surface area contributed by atoms with Crippen LogP contribution in [0.3, 0.4) is 0 Å². The van der Waals surface area contributed by atoms with Crippen molar-refractivity contribution in [3.8, 4) is 0 Å². The molecule has 4 fully saturated rings. The van der Waals surface area contributed by atoms with Crippen LogP contribution in [0.1, 0.15) is 26.7 Å². The maximum atomic E-state index is 11.0. The van der Waals surface area contributed by atoms with Gasteiger partial charge >= 0.3 is 0 Å². The molecule has 4 saturated carbocycles. The Balaban J connectivity index is 2.16. The van der Waals surface area contributed by atoms with Crippen LogP contribution in [0.25, 0.3) is 0 Å². The molecule has 0 aliphatic heterocycles. The third-order valence-corrected chi connectivity index (χ3v) is 5.25. The molecule has 2 unspecified atom stereocenters. The van der Waals surface area contributed by atoms with Gasteiger partial charge in [-0.15, -0.1) is 0 Å². The van der Waals surface area contributed by atoms with Gasteiger partial charge in [0.2, 0.25) is 0 Å². The van der Waals surface area contributed by atoms with Crippen LogP contribution in [0.2, 0.25) is 0 Å². The summed E-state index contributed by atoms with van der Waals surface area (Å²) in [6.07, 6.45) is 3.93. The average molecular weight is 150 g/mol. The molecule has 0 N–H and O–H groups in total. The van der Waals surface area contributed by atoms with Crippen molar-refractivity contribution in [1.29, 1.82) is 0 Å². The Bertz CT molecular complexity index is 233. The lowest BCUT2D eigenvalue weighted by molar-refractivity contribution is -0.119. The minimum atomic E-state index is 0.0579. The first-order valence-electron chi connectivity index (χ1n) is 4.61. The minimum absolute atomic E-state index is 0.0579. The zero-order chi connectivity index (χ0) is 7.85. The summed E-state index contributed by atoms with van der Waals surface area (Å²) in [4.78, 5) is 11.0. The van der Waals surface area contributed by atoms with Crippen LogP contribution in [0.5, 0.6) is 0 Å². The van der Waals surface area contributed by atoms with Crippen molar-refractivity contribution >= 4 is 6.29 Å². The van der Waals surface area contributed by atoms with Crippen molar-refractivity contribution in [2.24, 2.45) is 28.6 Å². The largest absolute Gasteiger partial charge is 0.303 e. The van der Waals surface area contributed by atoms with Gasteiger partial charge in [-0.25, -0.2) is 0 Å². The molecule has 0 aromatic rings. The highest BCUT2D eigenvalue weighted by Crippen LogP contribution is 2.85. The monoisotopic (exact) mass is 150 g/mol. The molecular formula is C10H14O. The predicted octanol–water partition coefficient (Wildman–Crippen LogP) is 1.87. The quantitative estimate of drug-likeness (QED) is 0.521. The number of carbonyl (C=O) groups is 1. The molecule has 0 aromatic carbocycles. The van der Waals surface area contributed by atoms with Crippen molar-refractivity contribution in [1.82, 2.24) is 0 Å². The molecule has 0 aromatic heterocycles. The summed E-state index contributed by atoms with van der Waals surface area (Å²) in [5, 5.41) is 0. The molecule has 4 aliphatic rings.